The lowest BCUT2D eigenvalue weighted by molar-refractivity contribution is -0.116. The van der Waals surface area contributed by atoms with Crippen molar-refractivity contribution in [3.05, 3.63) is 71.1 Å². The summed E-state index contributed by atoms with van der Waals surface area (Å²) in [5.74, 6) is -0.0543. The van der Waals surface area contributed by atoms with Crippen molar-refractivity contribution in [3.8, 4) is 11.3 Å². The lowest BCUT2D eigenvalue weighted by atomic mass is 9.98. The molecule has 0 aliphatic rings. The molecular weight excluding hydrogens is 344 g/mol. The van der Waals surface area contributed by atoms with Gasteiger partial charge >= 0.3 is 0 Å². The molecule has 26 heavy (non-hydrogen) atoms. The summed E-state index contributed by atoms with van der Waals surface area (Å²) in [5, 5.41) is 3.30. The number of carbonyl (C=O) groups is 2. The van der Waals surface area contributed by atoms with E-state index in [9.17, 15) is 9.59 Å². The SMILES string of the molecule is CC(=O)c1sc(NC(=O)C[C@@H](C)c2ccccc2)nc1-c1ccccc1. The van der Waals surface area contributed by atoms with Crippen molar-refractivity contribution in [2.24, 2.45) is 0 Å². The number of hydrogen-bond donors (Lipinski definition) is 1. The highest BCUT2D eigenvalue weighted by molar-refractivity contribution is 7.18. The summed E-state index contributed by atoms with van der Waals surface area (Å²) in [6.45, 7) is 3.54. The molecule has 1 N–H and O–H groups in total. The molecule has 0 saturated carbocycles. The number of amides is 1. The zero-order valence-corrected chi connectivity index (χ0v) is 15.5. The lowest BCUT2D eigenvalue weighted by Crippen LogP contribution is -2.14. The highest BCUT2D eigenvalue weighted by atomic mass is 32.1. The maximum Gasteiger partial charge on any atom is 0.226 e. The number of hydrogen-bond acceptors (Lipinski definition) is 4. The Kier molecular flexibility index (Phi) is 5.58. The van der Waals surface area contributed by atoms with Gasteiger partial charge in [0.25, 0.3) is 0 Å². The Morgan fingerprint density at radius 1 is 1.04 bits per heavy atom. The van der Waals surface area contributed by atoms with Crippen LogP contribution < -0.4 is 5.32 Å². The molecule has 1 heterocycles. The average Bonchev–Trinajstić information content (AvgIpc) is 3.07. The van der Waals surface area contributed by atoms with Crippen LogP contribution in [0.3, 0.4) is 0 Å². The molecule has 0 unspecified atom stereocenters. The second kappa shape index (κ2) is 8.06. The molecule has 0 radical (unpaired) electrons. The van der Waals surface area contributed by atoms with Gasteiger partial charge in [-0.05, 0) is 11.5 Å². The molecule has 0 aliphatic carbocycles. The minimum Gasteiger partial charge on any atom is -0.302 e. The Labute approximate surface area is 156 Å². The van der Waals surface area contributed by atoms with Crippen LogP contribution in [0.2, 0.25) is 0 Å². The third-order valence-corrected chi connectivity index (χ3v) is 5.17. The average molecular weight is 364 g/mol. The van der Waals surface area contributed by atoms with Crippen molar-refractivity contribution < 1.29 is 9.59 Å². The molecule has 0 spiro atoms. The van der Waals surface area contributed by atoms with E-state index in [1.807, 2.05) is 67.6 Å². The van der Waals surface area contributed by atoms with Gasteiger partial charge in [-0.3, -0.25) is 9.59 Å². The van der Waals surface area contributed by atoms with E-state index in [2.05, 4.69) is 10.3 Å². The van der Waals surface area contributed by atoms with Crippen LogP contribution in [-0.4, -0.2) is 16.7 Å². The van der Waals surface area contributed by atoms with Gasteiger partial charge in [0.15, 0.2) is 10.9 Å². The van der Waals surface area contributed by atoms with E-state index in [0.29, 0.717) is 22.1 Å². The fraction of sp³-hybridized carbons (Fsp3) is 0.190. The van der Waals surface area contributed by atoms with Gasteiger partial charge in [0.1, 0.15) is 0 Å². The number of carbonyl (C=O) groups excluding carboxylic acids is 2. The first-order chi connectivity index (χ1) is 12.5. The summed E-state index contributed by atoms with van der Waals surface area (Å²) in [6, 6.07) is 19.5. The number of nitrogens with zero attached hydrogens (tertiary/aromatic N) is 1. The Hall–Kier alpha value is -2.79. The number of thiazole rings is 1. The molecule has 0 bridgehead atoms. The van der Waals surface area contributed by atoms with Crippen molar-refractivity contribution >= 4 is 28.2 Å². The normalized spacial score (nSPS) is 11.8. The molecule has 0 aliphatic heterocycles. The van der Waals surface area contributed by atoms with Gasteiger partial charge < -0.3 is 5.32 Å². The van der Waals surface area contributed by atoms with Crippen LogP contribution in [0.4, 0.5) is 5.13 Å². The van der Waals surface area contributed by atoms with E-state index in [-0.39, 0.29) is 17.6 Å². The molecule has 1 amide bonds. The van der Waals surface area contributed by atoms with Crippen LogP contribution >= 0.6 is 11.3 Å². The van der Waals surface area contributed by atoms with Gasteiger partial charge in [0, 0.05) is 18.9 Å². The van der Waals surface area contributed by atoms with Crippen LogP contribution in [0, 0.1) is 0 Å². The highest BCUT2D eigenvalue weighted by Gasteiger charge is 2.18. The Morgan fingerprint density at radius 3 is 2.27 bits per heavy atom. The second-order valence-corrected chi connectivity index (χ2v) is 7.18. The van der Waals surface area contributed by atoms with Crippen molar-refractivity contribution in [2.75, 3.05) is 5.32 Å². The van der Waals surface area contributed by atoms with Gasteiger partial charge in [0.05, 0.1) is 10.6 Å². The fourth-order valence-corrected chi connectivity index (χ4v) is 3.65. The fourth-order valence-electron chi connectivity index (χ4n) is 2.75. The van der Waals surface area contributed by atoms with Crippen LogP contribution in [-0.2, 0) is 4.79 Å². The maximum atomic E-state index is 12.4. The molecule has 132 valence electrons. The predicted molar refractivity (Wildman–Crippen MR) is 106 cm³/mol. The number of nitrogens with one attached hydrogen (secondary N) is 1. The third kappa shape index (κ3) is 4.24. The van der Waals surface area contributed by atoms with Crippen molar-refractivity contribution in [3.63, 3.8) is 0 Å². The van der Waals surface area contributed by atoms with Crippen molar-refractivity contribution in [1.29, 1.82) is 0 Å². The van der Waals surface area contributed by atoms with Crippen LogP contribution in [0.15, 0.2) is 60.7 Å². The van der Waals surface area contributed by atoms with Crippen LogP contribution in [0.5, 0.6) is 0 Å². The number of aromatic nitrogens is 1. The van der Waals surface area contributed by atoms with Gasteiger partial charge in [-0.25, -0.2) is 4.98 Å². The van der Waals surface area contributed by atoms with E-state index < -0.39 is 0 Å². The van der Waals surface area contributed by atoms with E-state index >= 15 is 0 Å². The first-order valence-corrected chi connectivity index (χ1v) is 9.28. The van der Waals surface area contributed by atoms with Crippen LogP contribution in [0.25, 0.3) is 11.3 Å². The number of anilines is 1. The lowest BCUT2D eigenvalue weighted by Gasteiger charge is -2.10. The maximum absolute atomic E-state index is 12.4. The van der Waals surface area contributed by atoms with E-state index in [1.54, 1.807) is 0 Å². The number of benzene rings is 2. The zero-order chi connectivity index (χ0) is 18.5. The van der Waals surface area contributed by atoms with Gasteiger partial charge in [-0.15, -0.1) is 0 Å². The number of ketones is 1. The summed E-state index contributed by atoms with van der Waals surface area (Å²) in [5.41, 5.74) is 2.61. The summed E-state index contributed by atoms with van der Waals surface area (Å²) in [4.78, 5) is 29.4. The predicted octanol–water partition coefficient (Wildman–Crippen LogP) is 5.15. The molecule has 3 aromatic rings. The van der Waals surface area contributed by atoms with Crippen LogP contribution in [0.1, 0.15) is 41.4 Å². The summed E-state index contributed by atoms with van der Waals surface area (Å²) in [7, 11) is 0. The molecular formula is C21H20N2O2S. The molecule has 2 aromatic carbocycles. The number of rotatable bonds is 6. The molecule has 0 fully saturated rings. The van der Waals surface area contributed by atoms with Gasteiger partial charge in [0.2, 0.25) is 5.91 Å². The van der Waals surface area contributed by atoms with E-state index in [0.717, 1.165) is 11.1 Å². The summed E-state index contributed by atoms with van der Waals surface area (Å²) < 4.78 is 0. The van der Waals surface area contributed by atoms with Crippen molar-refractivity contribution in [2.45, 2.75) is 26.2 Å². The topological polar surface area (TPSA) is 59.1 Å². The summed E-state index contributed by atoms with van der Waals surface area (Å²) in [6.07, 6.45) is 0.361. The second-order valence-electron chi connectivity index (χ2n) is 6.18. The Balaban J connectivity index is 1.76. The minimum atomic E-state index is -0.107. The first-order valence-electron chi connectivity index (χ1n) is 8.46. The van der Waals surface area contributed by atoms with E-state index in [1.165, 1.54) is 18.3 Å². The zero-order valence-electron chi connectivity index (χ0n) is 14.7. The third-order valence-electron chi connectivity index (χ3n) is 4.10. The largest absolute Gasteiger partial charge is 0.302 e. The van der Waals surface area contributed by atoms with Crippen molar-refractivity contribution in [1.82, 2.24) is 4.98 Å². The molecule has 1 atom stereocenters. The standard InChI is InChI=1S/C21H20N2O2S/c1-14(16-9-5-3-6-10-16)13-18(25)22-21-23-19(20(26-21)15(2)24)17-11-7-4-8-12-17/h3-12,14H,13H2,1-2H3,(H,22,23,25)/t14-/m1/s1. The Morgan fingerprint density at radius 2 is 1.65 bits per heavy atom. The highest BCUT2D eigenvalue weighted by Crippen LogP contribution is 2.32. The smallest absolute Gasteiger partial charge is 0.226 e. The van der Waals surface area contributed by atoms with Gasteiger partial charge in [-0.1, -0.05) is 78.9 Å². The molecule has 3 rings (SSSR count). The quantitative estimate of drug-likeness (QED) is 0.616. The summed E-state index contributed by atoms with van der Waals surface area (Å²) >= 11 is 1.22. The first kappa shape index (κ1) is 18.0. The molecule has 5 heteroatoms. The Bertz CT molecular complexity index is 904. The monoisotopic (exact) mass is 364 g/mol. The molecule has 1 aromatic heterocycles. The minimum absolute atomic E-state index is 0.0560. The van der Waals surface area contributed by atoms with Gasteiger partial charge in [-0.2, -0.15) is 0 Å². The number of Topliss-reactive ketones (excluding diaryl/α,β-unsaturated/α-hetero) is 1. The molecule has 4 nitrogen and oxygen atoms in total. The molecule has 0 saturated heterocycles. The van der Waals surface area contributed by atoms with E-state index in [4.69, 9.17) is 0 Å².